The van der Waals surface area contributed by atoms with E-state index in [4.69, 9.17) is 4.42 Å². The summed E-state index contributed by atoms with van der Waals surface area (Å²) in [6, 6.07) is 5.69. The molecule has 3 aromatic rings. The maximum atomic E-state index is 12.0. The molecule has 4 heterocycles. The first-order valence-electron chi connectivity index (χ1n) is 8.66. The van der Waals surface area contributed by atoms with Crippen molar-refractivity contribution in [3.63, 3.8) is 0 Å². The van der Waals surface area contributed by atoms with Crippen LogP contribution in [0.25, 0.3) is 0 Å². The summed E-state index contributed by atoms with van der Waals surface area (Å²) in [5, 5.41) is 7.41. The largest absolute Gasteiger partial charge is 0.459 e. The van der Waals surface area contributed by atoms with Gasteiger partial charge >= 0.3 is 0 Å². The van der Waals surface area contributed by atoms with Crippen LogP contribution in [-0.2, 0) is 13.1 Å². The molecular formula is C18H21N5O2S. The van der Waals surface area contributed by atoms with Crippen LogP contribution in [0.15, 0.2) is 40.6 Å². The highest BCUT2D eigenvalue weighted by Gasteiger charge is 2.26. The number of hydrogen-bond acceptors (Lipinski definition) is 6. The fourth-order valence-corrected chi connectivity index (χ4v) is 4.15. The molecule has 8 heteroatoms. The number of carbonyl (C=O) groups excluding carboxylic acids is 1. The summed E-state index contributed by atoms with van der Waals surface area (Å²) >= 11 is 1.71. The molecule has 4 rings (SSSR count). The quantitative estimate of drug-likeness (QED) is 0.721. The topological polar surface area (TPSA) is 76.2 Å². The molecule has 0 fully saturated rings. The number of carbonyl (C=O) groups is 1. The van der Waals surface area contributed by atoms with Gasteiger partial charge in [-0.15, -0.1) is 11.3 Å². The Bertz CT molecular complexity index is 870. The molecule has 136 valence electrons. The molecule has 7 nitrogen and oxygen atoms in total. The standard InChI is InChI=1S/C18H21N5O2S/c1-13-17(26-12-20-13)11-22-9-14(23-15(10-22)5-7-21-23)4-6-19-18(24)16-3-2-8-25-16/h2-3,5,7-8,12,14H,4,6,9-11H2,1H3,(H,19,24)/t14-/m0/s1. The van der Waals surface area contributed by atoms with Crippen LogP contribution >= 0.6 is 11.3 Å². The molecule has 0 spiro atoms. The second-order valence-corrected chi connectivity index (χ2v) is 7.41. The van der Waals surface area contributed by atoms with E-state index in [2.05, 4.69) is 38.0 Å². The monoisotopic (exact) mass is 371 g/mol. The van der Waals surface area contributed by atoms with Crippen LogP contribution in [0.4, 0.5) is 0 Å². The van der Waals surface area contributed by atoms with Crippen molar-refractivity contribution in [2.24, 2.45) is 0 Å². The van der Waals surface area contributed by atoms with Gasteiger partial charge in [-0.2, -0.15) is 5.10 Å². The smallest absolute Gasteiger partial charge is 0.286 e. The van der Waals surface area contributed by atoms with Crippen molar-refractivity contribution in [1.82, 2.24) is 25.0 Å². The van der Waals surface area contributed by atoms with Crippen LogP contribution in [0, 0.1) is 6.92 Å². The summed E-state index contributed by atoms with van der Waals surface area (Å²) in [6.07, 6.45) is 4.18. The highest BCUT2D eigenvalue weighted by atomic mass is 32.1. The lowest BCUT2D eigenvalue weighted by molar-refractivity contribution is 0.0919. The van der Waals surface area contributed by atoms with E-state index in [-0.39, 0.29) is 11.9 Å². The van der Waals surface area contributed by atoms with Gasteiger partial charge in [0, 0.05) is 37.3 Å². The van der Waals surface area contributed by atoms with Crippen molar-refractivity contribution in [3.05, 3.63) is 58.2 Å². The normalized spacial score (nSPS) is 17.2. The first-order chi connectivity index (χ1) is 12.7. The Hall–Kier alpha value is -2.45. The number of fused-ring (bicyclic) bond motifs is 1. The van der Waals surface area contributed by atoms with E-state index < -0.39 is 0 Å². The van der Waals surface area contributed by atoms with E-state index in [0.29, 0.717) is 12.3 Å². The highest BCUT2D eigenvalue weighted by molar-refractivity contribution is 7.09. The Labute approximate surface area is 155 Å². The fourth-order valence-electron chi connectivity index (χ4n) is 3.33. The zero-order chi connectivity index (χ0) is 17.9. The van der Waals surface area contributed by atoms with Gasteiger partial charge in [-0.05, 0) is 31.5 Å². The van der Waals surface area contributed by atoms with Crippen LogP contribution in [0.1, 0.15) is 39.3 Å². The van der Waals surface area contributed by atoms with Gasteiger partial charge in [-0.25, -0.2) is 4.98 Å². The maximum absolute atomic E-state index is 12.0. The number of thiazole rings is 1. The Balaban J connectivity index is 1.38. The van der Waals surface area contributed by atoms with Gasteiger partial charge in [-0.1, -0.05) is 0 Å². The number of nitrogens with one attached hydrogen (secondary N) is 1. The average molecular weight is 371 g/mol. The molecule has 1 amide bonds. The molecule has 0 radical (unpaired) electrons. The van der Waals surface area contributed by atoms with Crippen LogP contribution in [0.5, 0.6) is 0 Å². The van der Waals surface area contributed by atoms with Crippen molar-refractivity contribution in [1.29, 1.82) is 0 Å². The lowest BCUT2D eigenvalue weighted by atomic mass is 10.1. The predicted octanol–water partition coefficient (Wildman–Crippen LogP) is 2.62. The SMILES string of the molecule is Cc1ncsc1CN1Cc2ccnn2[C@@H](CCNC(=O)c2ccco2)C1. The molecule has 0 unspecified atom stereocenters. The Kier molecular flexibility index (Phi) is 4.85. The van der Waals surface area contributed by atoms with E-state index in [1.165, 1.54) is 16.8 Å². The number of hydrogen-bond donors (Lipinski definition) is 1. The van der Waals surface area contributed by atoms with E-state index in [1.54, 1.807) is 23.5 Å². The van der Waals surface area contributed by atoms with Gasteiger partial charge < -0.3 is 9.73 Å². The summed E-state index contributed by atoms with van der Waals surface area (Å²) in [6.45, 7) is 5.32. The Morgan fingerprint density at radius 2 is 2.38 bits per heavy atom. The third-order valence-corrected chi connectivity index (χ3v) is 5.59. The lowest BCUT2D eigenvalue weighted by Gasteiger charge is -2.33. The van der Waals surface area contributed by atoms with Crippen molar-refractivity contribution >= 4 is 17.2 Å². The average Bonchev–Trinajstić information content (AvgIpc) is 3.37. The van der Waals surface area contributed by atoms with E-state index in [0.717, 1.165) is 31.7 Å². The molecule has 1 aliphatic rings. The second-order valence-electron chi connectivity index (χ2n) is 6.47. The van der Waals surface area contributed by atoms with Gasteiger partial charge in [0.05, 0.1) is 29.2 Å². The van der Waals surface area contributed by atoms with Crippen LogP contribution in [0.3, 0.4) is 0 Å². The third kappa shape index (κ3) is 3.56. The molecule has 0 bridgehead atoms. The van der Waals surface area contributed by atoms with Gasteiger partial charge in [0.25, 0.3) is 5.91 Å². The minimum absolute atomic E-state index is 0.177. The number of nitrogens with zero attached hydrogens (tertiary/aromatic N) is 4. The lowest BCUT2D eigenvalue weighted by Crippen LogP contribution is -2.38. The first-order valence-corrected chi connectivity index (χ1v) is 9.54. The van der Waals surface area contributed by atoms with Crippen molar-refractivity contribution < 1.29 is 9.21 Å². The number of aromatic nitrogens is 3. The summed E-state index contributed by atoms with van der Waals surface area (Å²) < 4.78 is 7.22. The molecule has 3 aromatic heterocycles. The second kappa shape index (κ2) is 7.43. The number of rotatable bonds is 6. The summed E-state index contributed by atoms with van der Waals surface area (Å²) in [7, 11) is 0. The molecule has 1 atom stereocenters. The van der Waals surface area contributed by atoms with Crippen LogP contribution in [-0.4, -0.2) is 38.7 Å². The minimum Gasteiger partial charge on any atom is -0.459 e. The fraction of sp³-hybridized carbons (Fsp3) is 0.389. The molecule has 0 saturated heterocycles. The molecule has 0 saturated carbocycles. The van der Waals surface area contributed by atoms with E-state index in [1.807, 2.05) is 11.7 Å². The minimum atomic E-state index is -0.177. The van der Waals surface area contributed by atoms with Gasteiger partial charge in [0.1, 0.15) is 0 Å². The third-order valence-electron chi connectivity index (χ3n) is 4.67. The first kappa shape index (κ1) is 17.0. The number of furan rings is 1. The molecule has 26 heavy (non-hydrogen) atoms. The van der Waals surface area contributed by atoms with Crippen LogP contribution < -0.4 is 5.32 Å². The maximum Gasteiger partial charge on any atom is 0.286 e. The molecular weight excluding hydrogens is 350 g/mol. The van der Waals surface area contributed by atoms with Crippen molar-refractivity contribution in [3.8, 4) is 0 Å². The Morgan fingerprint density at radius 1 is 1.46 bits per heavy atom. The summed E-state index contributed by atoms with van der Waals surface area (Å²) in [4.78, 5) is 20.1. The van der Waals surface area contributed by atoms with Crippen molar-refractivity contribution in [2.45, 2.75) is 32.5 Å². The number of aryl methyl sites for hydroxylation is 1. The zero-order valence-corrected chi connectivity index (χ0v) is 15.4. The van der Waals surface area contributed by atoms with Crippen LogP contribution in [0.2, 0.25) is 0 Å². The number of amides is 1. The summed E-state index contributed by atoms with van der Waals surface area (Å²) in [5.74, 6) is 0.166. The molecule has 0 aliphatic carbocycles. The van der Waals surface area contributed by atoms with Gasteiger partial charge in [0.15, 0.2) is 5.76 Å². The molecule has 1 N–H and O–H groups in total. The Morgan fingerprint density at radius 3 is 3.15 bits per heavy atom. The summed E-state index contributed by atoms with van der Waals surface area (Å²) in [5.41, 5.74) is 4.22. The highest BCUT2D eigenvalue weighted by Crippen LogP contribution is 2.25. The zero-order valence-electron chi connectivity index (χ0n) is 14.6. The predicted molar refractivity (Wildman–Crippen MR) is 97.9 cm³/mol. The van der Waals surface area contributed by atoms with Crippen molar-refractivity contribution in [2.75, 3.05) is 13.1 Å². The van der Waals surface area contributed by atoms with Gasteiger partial charge in [-0.3, -0.25) is 14.4 Å². The van der Waals surface area contributed by atoms with Gasteiger partial charge in [0.2, 0.25) is 0 Å². The van der Waals surface area contributed by atoms with E-state index in [9.17, 15) is 4.79 Å². The molecule has 1 aliphatic heterocycles. The molecule has 0 aromatic carbocycles. The van der Waals surface area contributed by atoms with E-state index >= 15 is 0 Å².